The minimum absolute atomic E-state index is 0.0967. The van der Waals surface area contributed by atoms with E-state index in [9.17, 15) is 14.7 Å². The fourth-order valence-corrected chi connectivity index (χ4v) is 3.76. The highest BCUT2D eigenvalue weighted by molar-refractivity contribution is 5.98. The quantitative estimate of drug-likeness (QED) is 0.909. The second kappa shape index (κ2) is 5.51. The van der Waals surface area contributed by atoms with Gasteiger partial charge in [-0.25, -0.2) is 0 Å². The molecule has 1 heterocycles. The lowest BCUT2D eigenvalue weighted by Crippen LogP contribution is -2.42. The Balaban J connectivity index is 1.92. The van der Waals surface area contributed by atoms with E-state index in [1.807, 2.05) is 29.2 Å². The summed E-state index contributed by atoms with van der Waals surface area (Å²) < 4.78 is 0. The molecule has 0 bridgehead atoms. The van der Waals surface area contributed by atoms with E-state index in [0.29, 0.717) is 18.9 Å². The standard InChI is InChI=1S/C17H21NO3/c1-11-5-4-7-12(11)16(19)18-10-9-14(17(20)21)13-6-2-3-8-15(13)18/h2-3,6,8,11-12,14H,4-5,7,9-10H2,1H3,(H,20,21). The number of amides is 1. The molecule has 112 valence electrons. The van der Waals surface area contributed by atoms with Crippen LogP contribution in [0.5, 0.6) is 0 Å². The molecule has 1 fully saturated rings. The van der Waals surface area contributed by atoms with Gasteiger partial charge in [0.05, 0.1) is 5.92 Å². The topological polar surface area (TPSA) is 57.6 Å². The SMILES string of the molecule is CC1CCCC1C(=O)N1CCC(C(=O)O)c2ccccc21. The van der Waals surface area contributed by atoms with Crippen LogP contribution in [0.3, 0.4) is 0 Å². The lowest BCUT2D eigenvalue weighted by Gasteiger charge is -2.35. The van der Waals surface area contributed by atoms with E-state index in [1.165, 1.54) is 0 Å². The van der Waals surface area contributed by atoms with Crippen molar-refractivity contribution in [3.8, 4) is 0 Å². The number of rotatable bonds is 2. The van der Waals surface area contributed by atoms with E-state index < -0.39 is 11.9 Å². The summed E-state index contributed by atoms with van der Waals surface area (Å²) in [7, 11) is 0. The van der Waals surface area contributed by atoms with Gasteiger partial charge in [0.25, 0.3) is 0 Å². The van der Waals surface area contributed by atoms with E-state index in [1.54, 1.807) is 0 Å². The number of hydrogen-bond donors (Lipinski definition) is 1. The maximum atomic E-state index is 12.8. The monoisotopic (exact) mass is 287 g/mol. The number of benzene rings is 1. The number of carboxylic acid groups (broad SMARTS) is 1. The normalized spacial score (nSPS) is 28.2. The number of para-hydroxylation sites is 1. The lowest BCUT2D eigenvalue weighted by molar-refractivity contribution is -0.139. The molecule has 4 heteroatoms. The summed E-state index contributed by atoms with van der Waals surface area (Å²) in [6.07, 6.45) is 3.69. The van der Waals surface area contributed by atoms with Gasteiger partial charge in [0.1, 0.15) is 0 Å². The summed E-state index contributed by atoms with van der Waals surface area (Å²) in [5, 5.41) is 9.36. The van der Waals surface area contributed by atoms with Crippen LogP contribution in [0.1, 0.15) is 44.1 Å². The van der Waals surface area contributed by atoms with Crippen LogP contribution >= 0.6 is 0 Å². The van der Waals surface area contributed by atoms with Crippen LogP contribution in [0.2, 0.25) is 0 Å². The molecule has 0 aromatic heterocycles. The van der Waals surface area contributed by atoms with Gasteiger partial charge in [-0.05, 0) is 36.8 Å². The highest BCUT2D eigenvalue weighted by Gasteiger charge is 2.37. The van der Waals surface area contributed by atoms with E-state index in [2.05, 4.69) is 6.92 Å². The van der Waals surface area contributed by atoms with Crippen molar-refractivity contribution in [2.75, 3.05) is 11.4 Å². The minimum atomic E-state index is -0.802. The molecule has 1 amide bonds. The van der Waals surface area contributed by atoms with E-state index in [-0.39, 0.29) is 11.8 Å². The number of hydrogen-bond acceptors (Lipinski definition) is 2. The van der Waals surface area contributed by atoms with Crippen molar-refractivity contribution in [1.82, 2.24) is 0 Å². The Bertz CT molecular complexity index is 569. The Labute approximate surface area is 124 Å². The first-order valence-corrected chi connectivity index (χ1v) is 7.72. The molecule has 3 rings (SSSR count). The van der Waals surface area contributed by atoms with Gasteiger partial charge in [-0.3, -0.25) is 9.59 Å². The van der Waals surface area contributed by atoms with Gasteiger partial charge in [-0.2, -0.15) is 0 Å². The van der Waals surface area contributed by atoms with Crippen molar-refractivity contribution in [3.05, 3.63) is 29.8 Å². The number of carboxylic acids is 1. The third-order valence-electron chi connectivity index (χ3n) is 4.99. The zero-order valence-electron chi connectivity index (χ0n) is 12.3. The van der Waals surface area contributed by atoms with E-state index in [0.717, 1.165) is 30.5 Å². The third kappa shape index (κ3) is 2.43. The first kappa shape index (κ1) is 14.1. The third-order valence-corrected chi connectivity index (χ3v) is 4.99. The van der Waals surface area contributed by atoms with Crippen LogP contribution in [-0.4, -0.2) is 23.5 Å². The molecule has 1 aliphatic carbocycles. The number of nitrogens with zero attached hydrogens (tertiary/aromatic N) is 1. The molecule has 1 saturated carbocycles. The van der Waals surface area contributed by atoms with Gasteiger partial charge in [-0.1, -0.05) is 31.5 Å². The lowest BCUT2D eigenvalue weighted by atomic mass is 9.88. The highest BCUT2D eigenvalue weighted by Crippen LogP contribution is 2.39. The zero-order chi connectivity index (χ0) is 15.0. The Morgan fingerprint density at radius 2 is 1.95 bits per heavy atom. The fraction of sp³-hybridized carbons (Fsp3) is 0.529. The molecule has 1 N–H and O–H groups in total. The predicted octanol–water partition coefficient (Wildman–Crippen LogP) is 3.03. The van der Waals surface area contributed by atoms with E-state index >= 15 is 0 Å². The molecule has 4 nitrogen and oxygen atoms in total. The number of anilines is 1. The molecule has 0 spiro atoms. The molecule has 1 aromatic carbocycles. The van der Waals surface area contributed by atoms with Crippen molar-refractivity contribution in [3.63, 3.8) is 0 Å². The Kier molecular flexibility index (Phi) is 3.70. The van der Waals surface area contributed by atoms with Gasteiger partial charge in [0.2, 0.25) is 5.91 Å². The number of carbonyl (C=O) groups is 2. The van der Waals surface area contributed by atoms with Crippen LogP contribution < -0.4 is 4.90 Å². The smallest absolute Gasteiger partial charge is 0.311 e. The van der Waals surface area contributed by atoms with Gasteiger partial charge >= 0.3 is 5.97 Å². The van der Waals surface area contributed by atoms with Crippen molar-refractivity contribution in [2.24, 2.45) is 11.8 Å². The molecule has 21 heavy (non-hydrogen) atoms. The van der Waals surface area contributed by atoms with Crippen molar-refractivity contribution >= 4 is 17.6 Å². The van der Waals surface area contributed by atoms with Gasteiger partial charge in [-0.15, -0.1) is 0 Å². The van der Waals surface area contributed by atoms with Crippen molar-refractivity contribution in [2.45, 2.75) is 38.5 Å². The number of fused-ring (bicyclic) bond motifs is 1. The molecule has 0 saturated heterocycles. The summed E-state index contributed by atoms with van der Waals surface area (Å²) >= 11 is 0. The Morgan fingerprint density at radius 1 is 1.19 bits per heavy atom. The maximum Gasteiger partial charge on any atom is 0.311 e. The summed E-state index contributed by atoms with van der Waals surface area (Å²) in [6, 6.07) is 7.44. The van der Waals surface area contributed by atoms with Gasteiger partial charge in [0.15, 0.2) is 0 Å². The molecule has 3 unspecified atom stereocenters. The molecule has 1 aromatic rings. The Morgan fingerprint density at radius 3 is 2.62 bits per heavy atom. The van der Waals surface area contributed by atoms with Crippen LogP contribution in [0.15, 0.2) is 24.3 Å². The number of carbonyl (C=O) groups excluding carboxylic acids is 1. The molecule has 1 aliphatic heterocycles. The van der Waals surface area contributed by atoms with Gasteiger partial charge < -0.3 is 10.0 Å². The molecule has 3 atom stereocenters. The average Bonchev–Trinajstić information content (AvgIpc) is 2.91. The fourth-order valence-electron chi connectivity index (χ4n) is 3.76. The molecular weight excluding hydrogens is 266 g/mol. The largest absolute Gasteiger partial charge is 0.481 e. The zero-order valence-corrected chi connectivity index (χ0v) is 12.3. The average molecular weight is 287 g/mol. The summed E-state index contributed by atoms with van der Waals surface area (Å²) in [6.45, 7) is 2.65. The maximum absolute atomic E-state index is 12.8. The first-order valence-electron chi connectivity index (χ1n) is 7.72. The van der Waals surface area contributed by atoms with Crippen LogP contribution in [0.25, 0.3) is 0 Å². The predicted molar refractivity (Wildman–Crippen MR) is 80.3 cm³/mol. The van der Waals surface area contributed by atoms with Crippen LogP contribution in [0.4, 0.5) is 5.69 Å². The Hall–Kier alpha value is -1.84. The number of aliphatic carboxylic acids is 1. The van der Waals surface area contributed by atoms with Gasteiger partial charge in [0, 0.05) is 18.2 Å². The molecular formula is C17H21NO3. The van der Waals surface area contributed by atoms with E-state index in [4.69, 9.17) is 0 Å². The summed E-state index contributed by atoms with van der Waals surface area (Å²) in [4.78, 5) is 26.0. The summed E-state index contributed by atoms with van der Waals surface area (Å²) in [5.74, 6) is -0.590. The highest BCUT2D eigenvalue weighted by atomic mass is 16.4. The second-order valence-corrected chi connectivity index (χ2v) is 6.24. The molecule has 0 radical (unpaired) electrons. The van der Waals surface area contributed by atoms with Crippen LogP contribution in [0, 0.1) is 11.8 Å². The summed E-state index contributed by atoms with van der Waals surface area (Å²) in [5.41, 5.74) is 1.57. The minimum Gasteiger partial charge on any atom is -0.481 e. The molecule has 2 aliphatic rings. The van der Waals surface area contributed by atoms with Crippen molar-refractivity contribution < 1.29 is 14.7 Å². The second-order valence-electron chi connectivity index (χ2n) is 6.24. The first-order chi connectivity index (χ1) is 10.1. The van der Waals surface area contributed by atoms with Crippen LogP contribution in [-0.2, 0) is 9.59 Å². The van der Waals surface area contributed by atoms with Crippen molar-refractivity contribution in [1.29, 1.82) is 0 Å².